The van der Waals surface area contributed by atoms with E-state index in [1.54, 1.807) is 12.4 Å². The van der Waals surface area contributed by atoms with Crippen LogP contribution in [0.3, 0.4) is 0 Å². The second-order valence-corrected chi connectivity index (χ2v) is 4.40. The van der Waals surface area contributed by atoms with Crippen LogP contribution < -0.4 is 10.2 Å². The van der Waals surface area contributed by atoms with Crippen molar-refractivity contribution in [3.63, 3.8) is 0 Å². The van der Waals surface area contributed by atoms with Crippen molar-refractivity contribution < 1.29 is 0 Å². The van der Waals surface area contributed by atoms with Crippen LogP contribution in [0.1, 0.15) is 13.8 Å². The number of anilines is 3. The zero-order valence-corrected chi connectivity index (χ0v) is 11.9. The molecule has 0 atom stereocenters. The average Bonchev–Trinajstić information content (AvgIpc) is 2.44. The van der Waals surface area contributed by atoms with E-state index in [1.165, 1.54) is 5.69 Å². The van der Waals surface area contributed by atoms with Gasteiger partial charge in [-0.15, -0.1) is 0 Å². The monoisotopic (exact) mass is 276 g/mol. The summed E-state index contributed by atoms with van der Waals surface area (Å²) in [6.07, 6.45) is 3.18. The molecule has 1 N–H and O–H groups in total. The van der Waals surface area contributed by atoms with Gasteiger partial charge in [0.25, 0.3) is 0 Å². The smallest absolute Gasteiger partial charge is 0.171 e. The minimum atomic E-state index is 0.371. The van der Waals surface area contributed by atoms with E-state index in [0.717, 1.165) is 18.8 Å². The maximum absolute atomic E-state index is 5.96. The number of hydrogen-bond donors (Lipinski definition) is 1. The highest BCUT2D eigenvalue weighted by Gasteiger charge is 2.04. The van der Waals surface area contributed by atoms with Gasteiger partial charge in [0.1, 0.15) is 0 Å². The minimum absolute atomic E-state index is 0.371. The Morgan fingerprint density at radius 3 is 2.26 bits per heavy atom. The Morgan fingerprint density at radius 1 is 1.05 bits per heavy atom. The lowest BCUT2D eigenvalue weighted by Crippen LogP contribution is -2.21. The third-order valence-electron chi connectivity index (χ3n) is 2.91. The Morgan fingerprint density at radius 2 is 1.68 bits per heavy atom. The molecule has 5 heteroatoms. The van der Waals surface area contributed by atoms with E-state index in [2.05, 4.69) is 46.2 Å². The molecule has 4 nitrogen and oxygen atoms in total. The summed E-state index contributed by atoms with van der Waals surface area (Å²) in [5, 5.41) is 3.52. The van der Waals surface area contributed by atoms with Crippen LogP contribution in [-0.2, 0) is 0 Å². The lowest BCUT2D eigenvalue weighted by molar-refractivity contribution is 0.866. The first-order valence-corrected chi connectivity index (χ1v) is 6.71. The fraction of sp³-hybridized carbons (Fsp3) is 0.286. The molecule has 0 bridgehead atoms. The molecule has 0 spiro atoms. The van der Waals surface area contributed by atoms with E-state index >= 15 is 0 Å². The van der Waals surface area contributed by atoms with Crippen LogP contribution in [0.15, 0.2) is 36.7 Å². The summed E-state index contributed by atoms with van der Waals surface area (Å²) in [6.45, 7) is 6.29. The predicted molar refractivity (Wildman–Crippen MR) is 80.3 cm³/mol. The molecule has 2 rings (SSSR count). The number of benzene rings is 1. The normalized spacial score (nSPS) is 10.3. The quantitative estimate of drug-likeness (QED) is 0.904. The van der Waals surface area contributed by atoms with Crippen molar-refractivity contribution in [2.45, 2.75) is 13.8 Å². The van der Waals surface area contributed by atoms with Crippen LogP contribution in [0.25, 0.3) is 0 Å². The van der Waals surface area contributed by atoms with Gasteiger partial charge < -0.3 is 10.2 Å². The van der Waals surface area contributed by atoms with Crippen molar-refractivity contribution in [2.75, 3.05) is 23.3 Å². The highest BCUT2D eigenvalue weighted by Crippen LogP contribution is 2.23. The SMILES string of the molecule is CCN(CC)c1ccc(Nc2nccnc2Cl)cc1. The molecular formula is C14H17ClN4. The van der Waals surface area contributed by atoms with Crippen molar-refractivity contribution in [1.29, 1.82) is 0 Å². The van der Waals surface area contributed by atoms with E-state index in [-0.39, 0.29) is 0 Å². The molecule has 0 aliphatic rings. The largest absolute Gasteiger partial charge is 0.372 e. The summed E-state index contributed by atoms with van der Waals surface area (Å²) in [7, 11) is 0. The highest BCUT2D eigenvalue weighted by atomic mass is 35.5. The standard InChI is InChI=1S/C14H17ClN4/c1-3-19(4-2)12-7-5-11(6-8-12)18-14-13(15)16-9-10-17-14/h5-10H,3-4H2,1-2H3,(H,17,18). The van der Waals surface area contributed by atoms with Gasteiger partial charge in [-0.2, -0.15) is 0 Å². The molecule has 1 aromatic carbocycles. The summed E-state index contributed by atoms with van der Waals surface area (Å²) in [6, 6.07) is 8.19. The molecule has 0 saturated carbocycles. The number of aromatic nitrogens is 2. The second-order valence-electron chi connectivity index (χ2n) is 4.04. The summed E-state index contributed by atoms with van der Waals surface area (Å²) in [5.74, 6) is 0.569. The Bertz CT molecular complexity index is 523. The molecule has 0 fully saturated rings. The van der Waals surface area contributed by atoms with Gasteiger partial charge in [0.15, 0.2) is 11.0 Å². The van der Waals surface area contributed by atoms with Crippen LogP contribution >= 0.6 is 11.6 Å². The maximum atomic E-state index is 5.96. The van der Waals surface area contributed by atoms with E-state index in [1.807, 2.05) is 12.1 Å². The molecule has 0 aliphatic heterocycles. The Kier molecular flexibility index (Phi) is 4.58. The van der Waals surface area contributed by atoms with Crippen LogP contribution in [0.5, 0.6) is 0 Å². The molecule has 1 heterocycles. The van der Waals surface area contributed by atoms with Crippen molar-refractivity contribution >= 4 is 28.8 Å². The number of nitrogens with zero attached hydrogens (tertiary/aromatic N) is 3. The number of hydrogen-bond acceptors (Lipinski definition) is 4. The van der Waals surface area contributed by atoms with Crippen molar-refractivity contribution in [2.24, 2.45) is 0 Å². The first-order valence-electron chi connectivity index (χ1n) is 6.33. The number of nitrogens with one attached hydrogen (secondary N) is 1. The summed E-state index contributed by atoms with van der Waals surface area (Å²) in [4.78, 5) is 10.4. The molecule has 1 aromatic heterocycles. The first kappa shape index (κ1) is 13.6. The molecule has 2 aromatic rings. The Labute approximate surface area is 118 Å². The molecule has 0 unspecified atom stereocenters. The van der Waals surface area contributed by atoms with Crippen LogP contribution in [0.2, 0.25) is 5.15 Å². The minimum Gasteiger partial charge on any atom is -0.372 e. The third kappa shape index (κ3) is 3.35. The molecule has 0 saturated heterocycles. The van der Waals surface area contributed by atoms with Gasteiger partial charge in [0.05, 0.1) is 0 Å². The van der Waals surface area contributed by atoms with E-state index in [9.17, 15) is 0 Å². The van der Waals surface area contributed by atoms with Crippen molar-refractivity contribution in [3.05, 3.63) is 41.8 Å². The summed E-state index contributed by atoms with van der Waals surface area (Å²) in [5.41, 5.74) is 2.15. The van der Waals surface area contributed by atoms with E-state index in [0.29, 0.717) is 11.0 Å². The summed E-state index contributed by atoms with van der Waals surface area (Å²) >= 11 is 5.96. The van der Waals surface area contributed by atoms with Crippen LogP contribution in [0.4, 0.5) is 17.2 Å². The van der Waals surface area contributed by atoms with Gasteiger partial charge in [0.2, 0.25) is 0 Å². The van der Waals surface area contributed by atoms with Crippen molar-refractivity contribution in [1.82, 2.24) is 9.97 Å². The summed E-state index contributed by atoms with van der Waals surface area (Å²) < 4.78 is 0. The van der Waals surface area contributed by atoms with Gasteiger partial charge >= 0.3 is 0 Å². The highest BCUT2D eigenvalue weighted by molar-refractivity contribution is 6.31. The fourth-order valence-electron chi connectivity index (χ4n) is 1.89. The fourth-order valence-corrected chi connectivity index (χ4v) is 2.04. The van der Waals surface area contributed by atoms with Gasteiger partial charge in [-0.1, -0.05) is 11.6 Å². The molecule has 0 radical (unpaired) electrons. The predicted octanol–water partition coefficient (Wildman–Crippen LogP) is 3.72. The van der Waals surface area contributed by atoms with E-state index in [4.69, 9.17) is 11.6 Å². The molecule has 19 heavy (non-hydrogen) atoms. The van der Waals surface area contributed by atoms with Crippen LogP contribution in [0, 0.1) is 0 Å². The Hall–Kier alpha value is -1.81. The molecule has 100 valence electrons. The van der Waals surface area contributed by atoms with E-state index < -0.39 is 0 Å². The second kappa shape index (κ2) is 6.38. The van der Waals surface area contributed by atoms with Crippen LogP contribution in [-0.4, -0.2) is 23.1 Å². The van der Waals surface area contributed by atoms with Gasteiger partial charge in [-0.3, -0.25) is 0 Å². The van der Waals surface area contributed by atoms with Gasteiger partial charge in [-0.25, -0.2) is 9.97 Å². The van der Waals surface area contributed by atoms with Gasteiger partial charge in [-0.05, 0) is 38.1 Å². The maximum Gasteiger partial charge on any atom is 0.171 e. The molecule has 0 aliphatic carbocycles. The van der Waals surface area contributed by atoms with Crippen molar-refractivity contribution in [3.8, 4) is 0 Å². The number of halogens is 1. The zero-order valence-electron chi connectivity index (χ0n) is 11.1. The molecule has 0 amide bonds. The lowest BCUT2D eigenvalue weighted by atomic mass is 10.2. The number of rotatable bonds is 5. The topological polar surface area (TPSA) is 41.0 Å². The third-order valence-corrected chi connectivity index (χ3v) is 3.19. The Balaban J connectivity index is 2.13. The van der Waals surface area contributed by atoms with Gasteiger partial charge in [0, 0.05) is 36.9 Å². The lowest BCUT2D eigenvalue weighted by Gasteiger charge is -2.21. The average molecular weight is 277 g/mol. The first-order chi connectivity index (χ1) is 9.24. The zero-order chi connectivity index (χ0) is 13.7. The molecular weight excluding hydrogens is 260 g/mol.